The Labute approximate surface area is 99.2 Å². The lowest BCUT2D eigenvalue weighted by molar-refractivity contribution is -0.130. The van der Waals surface area contributed by atoms with Gasteiger partial charge in [0.2, 0.25) is 5.91 Å². The van der Waals surface area contributed by atoms with Crippen LogP contribution in [-0.4, -0.2) is 30.2 Å². The van der Waals surface area contributed by atoms with E-state index in [1.807, 2.05) is 7.05 Å². The van der Waals surface area contributed by atoms with Crippen molar-refractivity contribution in [2.24, 2.45) is 5.92 Å². The SMILES string of the molecule is CC(=O)CCCCCN(C)C(=O)CC(C)C. The molecule has 16 heavy (non-hydrogen) atoms. The fourth-order valence-corrected chi connectivity index (χ4v) is 1.53. The predicted octanol–water partition coefficient (Wildman–Crippen LogP) is 2.64. The van der Waals surface area contributed by atoms with Crippen LogP contribution in [0.15, 0.2) is 0 Å². The number of unbranched alkanes of at least 4 members (excludes halogenated alkanes) is 2. The molecule has 0 aliphatic rings. The summed E-state index contributed by atoms with van der Waals surface area (Å²) in [5, 5.41) is 0. The van der Waals surface area contributed by atoms with Crippen molar-refractivity contribution in [1.29, 1.82) is 0 Å². The summed E-state index contributed by atoms with van der Waals surface area (Å²) >= 11 is 0. The highest BCUT2D eigenvalue weighted by molar-refractivity contribution is 5.76. The maximum absolute atomic E-state index is 11.6. The molecule has 0 heterocycles. The van der Waals surface area contributed by atoms with Crippen molar-refractivity contribution < 1.29 is 9.59 Å². The molecule has 0 aromatic carbocycles. The van der Waals surface area contributed by atoms with Crippen LogP contribution in [0.25, 0.3) is 0 Å². The molecule has 0 atom stereocenters. The van der Waals surface area contributed by atoms with Crippen LogP contribution in [-0.2, 0) is 9.59 Å². The second-order valence-corrected chi connectivity index (χ2v) is 4.93. The highest BCUT2D eigenvalue weighted by atomic mass is 16.2. The molecular formula is C13H25NO2. The molecule has 3 heteroatoms. The fourth-order valence-electron chi connectivity index (χ4n) is 1.53. The minimum absolute atomic E-state index is 0.224. The lowest BCUT2D eigenvalue weighted by Crippen LogP contribution is -2.28. The summed E-state index contributed by atoms with van der Waals surface area (Å²) in [4.78, 5) is 24.1. The van der Waals surface area contributed by atoms with Crippen molar-refractivity contribution >= 4 is 11.7 Å². The minimum atomic E-state index is 0.224. The molecule has 0 radical (unpaired) electrons. The second kappa shape index (κ2) is 8.31. The molecule has 0 bridgehead atoms. The first-order valence-electron chi connectivity index (χ1n) is 6.17. The van der Waals surface area contributed by atoms with Gasteiger partial charge in [0, 0.05) is 26.4 Å². The van der Waals surface area contributed by atoms with Crippen molar-refractivity contribution in [3.8, 4) is 0 Å². The number of amides is 1. The number of Topliss-reactive ketones (excluding diaryl/α,β-unsaturated/α-hetero) is 1. The first kappa shape index (κ1) is 15.1. The van der Waals surface area contributed by atoms with E-state index in [-0.39, 0.29) is 11.7 Å². The van der Waals surface area contributed by atoms with Gasteiger partial charge in [0.1, 0.15) is 5.78 Å². The van der Waals surface area contributed by atoms with E-state index in [1.54, 1.807) is 11.8 Å². The van der Waals surface area contributed by atoms with Gasteiger partial charge < -0.3 is 9.69 Å². The number of rotatable bonds is 8. The molecule has 94 valence electrons. The zero-order chi connectivity index (χ0) is 12.6. The van der Waals surface area contributed by atoms with Crippen LogP contribution in [0.4, 0.5) is 0 Å². The number of carbonyl (C=O) groups excluding carboxylic acids is 2. The summed E-state index contributed by atoms with van der Waals surface area (Å²) in [7, 11) is 1.86. The standard InChI is InChI=1S/C13H25NO2/c1-11(2)10-13(16)14(4)9-7-5-6-8-12(3)15/h11H,5-10H2,1-4H3. The molecule has 0 aromatic rings. The Hall–Kier alpha value is -0.860. The molecule has 0 aliphatic carbocycles. The minimum Gasteiger partial charge on any atom is -0.346 e. The van der Waals surface area contributed by atoms with Gasteiger partial charge in [0.25, 0.3) is 0 Å². The van der Waals surface area contributed by atoms with E-state index in [0.29, 0.717) is 18.8 Å². The highest BCUT2D eigenvalue weighted by Crippen LogP contribution is 2.05. The average molecular weight is 227 g/mol. The van der Waals surface area contributed by atoms with Crippen molar-refractivity contribution in [3.05, 3.63) is 0 Å². The van der Waals surface area contributed by atoms with E-state index in [2.05, 4.69) is 13.8 Å². The molecular weight excluding hydrogens is 202 g/mol. The molecule has 0 aliphatic heterocycles. The van der Waals surface area contributed by atoms with E-state index in [9.17, 15) is 9.59 Å². The van der Waals surface area contributed by atoms with Gasteiger partial charge in [0.05, 0.1) is 0 Å². The van der Waals surface area contributed by atoms with Gasteiger partial charge in [-0.3, -0.25) is 4.79 Å². The number of hydrogen-bond acceptors (Lipinski definition) is 2. The number of nitrogens with zero attached hydrogens (tertiary/aromatic N) is 1. The Morgan fingerprint density at radius 2 is 1.75 bits per heavy atom. The largest absolute Gasteiger partial charge is 0.346 e. The van der Waals surface area contributed by atoms with E-state index in [0.717, 1.165) is 25.8 Å². The Morgan fingerprint density at radius 3 is 2.25 bits per heavy atom. The topological polar surface area (TPSA) is 37.4 Å². The molecule has 0 rings (SSSR count). The first-order chi connectivity index (χ1) is 7.43. The van der Waals surface area contributed by atoms with E-state index >= 15 is 0 Å². The quantitative estimate of drug-likeness (QED) is 0.598. The van der Waals surface area contributed by atoms with Gasteiger partial charge in [-0.25, -0.2) is 0 Å². The van der Waals surface area contributed by atoms with Gasteiger partial charge in [-0.15, -0.1) is 0 Å². The summed E-state index contributed by atoms with van der Waals surface area (Å²) in [5.74, 6) is 0.901. The third-order valence-electron chi connectivity index (χ3n) is 2.53. The number of ketones is 1. The molecule has 0 spiro atoms. The molecule has 0 saturated carbocycles. The van der Waals surface area contributed by atoms with Crippen molar-refractivity contribution in [1.82, 2.24) is 4.90 Å². The Kier molecular flexibility index (Phi) is 7.86. The van der Waals surface area contributed by atoms with Crippen LogP contribution in [0.1, 0.15) is 52.9 Å². The Balaban J connectivity index is 3.53. The summed E-state index contributed by atoms with van der Waals surface area (Å²) in [6.07, 6.45) is 4.27. The highest BCUT2D eigenvalue weighted by Gasteiger charge is 2.09. The Morgan fingerprint density at radius 1 is 1.12 bits per heavy atom. The van der Waals surface area contributed by atoms with Gasteiger partial charge in [-0.05, 0) is 25.7 Å². The van der Waals surface area contributed by atoms with Crippen LogP contribution in [0.5, 0.6) is 0 Å². The smallest absolute Gasteiger partial charge is 0.222 e. The summed E-state index contributed by atoms with van der Waals surface area (Å²) in [5.41, 5.74) is 0. The Bertz CT molecular complexity index is 224. The fraction of sp³-hybridized carbons (Fsp3) is 0.846. The molecule has 1 amide bonds. The first-order valence-corrected chi connectivity index (χ1v) is 6.17. The zero-order valence-corrected chi connectivity index (χ0v) is 11.1. The molecule has 3 nitrogen and oxygen atoms in total. The molecule has 0 unspecified atom stereocenters. The lowest BCUT2D eigenvalue weighted by Gasteiger charge is -2.18. The third kappa shape index (κ3) is 8.45. The molecule has 0 N–H and O–H groups in total. The third-order valence-corrected chi connectivity index (χ3v) is 2.53. The van der Waals surface area contributed by atoms with Gasteiger partial charge >= 0.3 is 0 Å². The maximum atomic E-state index is 11.6. The lowest BCUT2D eigenvalue weighted by atomic mass is 10.1. The molecule has 0 aromatic heterocycles. The van der Waals surface area contributed by atoms with E-state index in [4.69, 9.17) is 0 Å². The van der Waals surface area contributed by atoms with Crippen LogP contribution in [0.2, 0.25) is 0 Å². The number of hydrogen-bond donors (Lipinski definition) is 0. The van der Waals surface area contributed by atoms with Gasteiger partial charge in [0.15, 0.2) is 0 Å². The summed E-state index contributed by atoms with van der Waals surface area (Å²) in [6, 6.07) is 0. The van der Waals surface area contributed by atoms with E-state index < -0.39 is 0 Å². The van der Waals surface area contributed by atoms with Crippen LogP contribution in [0, 0.1) is 5.92 Å². The summed E-state index contributed by atoms with van der Waals surface area (Å²) < 4.78 is 0. The van der Waals surface area contributed by atoms with E-state index in [1.165, 1.54) is 0 Å². The van der Waals surface area contributed by atoms with Crippen molar-refractivity contribution in [3.63, 3.8) is 0 Å². The predicted molar refractivity (Wildman–Crippen MR) is 66.2 cm³/mol. The van der Waals surface area contributed by atoms with Gasteiger partial charge in [-0.1, -0.05) is 20.3 Å². The maximum Gasteiger partial charge on any atom is 0.222 e. The second-order valence-electron chi connectivity index (χ2n) is 4.93. The van der Waals surface area contributed by atoms with Gasteiger partial charge in [-0.2, -0.15) is 0 Å². The van der Waals surface area contributed by atoms with Crippen LogP contribution in [0.3, 0.4) is 0 Å². The van der Waals surface area contributed by atoms with Crippen LogP contribution >= 0.6 is 0 Å². The molecule has 0 saturated heterocycles. The molecule has 0 fully saturated rings. The normalized spacial score (nSPS) is 10.6. The monoisotopic (exact) mass is 227 g/mol. The summed E-state index contributed by atoms with van der Waals surface area (Å²) in [6.45, 7) is 6.54. The van der Waals surface area contributed by atoms with Crippen molar-refractivity contribution in [2.45, 2.75) is 52.9 Å². The number of carbonyl (C=O) groups is 2. The zero-order valence-electron chi connectivity index (χ0n) is 11.1. The van der Waals surface area contributed by atoms with Crippen LogP contribution < -0.4 is 0 Å². The van der Waals surface area contributed by atoms with Crippen molar-refractivity contribution in [2.75, 3.05) is 13.6 Å². The average Bonchev–Trinajstić information content (AvgIpc) is 2.15.